The van der Waals surface area contributed by atoms with Crippen LogP contribution in [0.25, 0.3) is 0 Å². The lowest BCUT2D eigenvalue weighted by Gasteiger charge is -2.10. The van der Waals surface area contributed by atoms with Crippen molar-refractivity contribution in [1.82, 2.24) is 0 Å². The van der Waals surface area contributed by atoms with Gasteiger partial charge in [-0.1, -0.05) is 0 Å². The first-order valence-electron chi connectivity index (χ1n) is 5.63. The standard InChI is InChI=1S/C13H13FN2O2S/c1-7-4-8(14)5-9(13(7)18-2)12(17)10-6-11(19-3)16-15-10/h4-5H,6H2,1-3H3. The molecule has 0 radical (unpaired) electrons. The Kier molecular flexibility index (Phi) is 3.99. The van der Waals surface area contributed by atoms with Crippen molar-refractivity contribution in [3.63, 3.8) is 0 Å². The Morgan fingerprint density at radius 1 is 1.42 bits per heavy atom. The highest BCUT2D eigenvalue weighted by atomic mass is 32.2. The molecule has 4 nitrogen and oxygen atoms in total. The van der Waals surface area contributed by atoms with Crippen molar-refractivity contribution in [2.75, 3.05) is 13.4 Å². The van der Waals surface area contributed by atoms with Gasteiger partial charge in [0, 0.05) is 6.42 Å². The highest BCUT2D eigenvalue weighted by Crippen LogP contribution is 2.27. The fraction of sp³-hybridized carbons (Fsp3) is 0.308. The fourth-order valence-electron chi connectivity index (χ4n) is 1.89. The normalized spacial score (nSPS) is 14.1. The largest absolute Gasteiger partial charge is 0.496 e. The number of ether oxygens (including phenoxy) is 1. The Morgan fingerprint density at radius 2 is 2.16 bits per heavy atom. The number of rotatable bonds is 3. The molecule has 0 atom stereocenters. The molecular formula is C13H13FN2O2S. The van der Waals surface area contributed by atoms with Crippen molar-refractivity contribution in [2.45, 2.75) is 13.3 Å². The van der Waals surface area contributed by atoms with Gasteiger partial charge in [-0.05, 0) is 30.9 Å². The number of hydrogen-bond donors (Lipinski definition) is 0. The summed E-state index contributed by atoms with van der Waals surface area (Å²) in [7, 11) is 1.46. The Labute approximate surface area is 114 Å². The molecule has 0 amide bonds. The van der Waals surface area contributed by atoms with Crippen LogP contribution in [-0.4, -0.2) is 29.9 Å². The van der Waals surface area contributed by atoms with Crippen LogP contribution in [0.3, 0.4) is 0 Å². The van der Waals surface area contributed by atoms with Crippen LogP contribution >= 0.6 is 11.8 Å². The molecule has 2 rings (SSSR count). The molecule has 1 aromatic rings. The lowest BCUT2D eigenvalue weighted by molar-refractivity contribution is 0.106. The maximum atomic E-state index is 13.5. The molecule has 0 bridgehead atoms. The number of hydrogen-bond acceptors (Lipinski definition) is 5. The van der Waals surface area contributed by atoms with Gasteiger partial charge in [0.2, 0.25) is 5.78 Å². The van der Waals surface area contributed by atoms with E-state index in [2.05, 4.69) is 10.2 Å². The number of benzene rings is 1. The molecule has 19 heavy (non-hydrogen) atoms. The molecule has 100 valence electrons. The van der Waals surface area contributed by atoms with E-state index >= 15 is 0 Å². The van der Waals surface area contributed by atoms with Gasteiger partial charge in [0.1, 0.15) is 22.3 Å². The third kappa shape index (κ3) is 2.68. The van der Waals surface area contributed by atoms with E-state index in [9.17, 15) is 9.18 Å². The van der Waals surface area contributed by atoms with Crippen molar-refractivity contribution in [3.05, 3.63) is 29.1 Å². The van der Waals surface area contributed by atoms with Crippen LogP contribution in [0.5, 0.6) is 5.75 Å². The minimum absolute atomic E-state index is 0.191. The number of Topliss-reactive ketones (excluding diaryl/α,β-unsaturated/α-hetero) is 1. The second-order valence-electron chi connectivity index (χ2n) is 4.05. The Bertz CT molecular complexity index is 597. The number of ketones is 1. The van der Waals surface area contributed by atoms with Gasteiger partial charge in [0.25, 0.3) is 0 Å². The lowest BCUT2D eigenvalue weighted by Crippen LogP contribution is -2.16. The maximum absolute atomic E-state index is 13.5. The lowest BCUT2D eigenvalue weighted by atomic mass is 10.0. The van der Waals surface area contributed by atoms with E-state index in [0.717, 1.165) is 5.04 Å². The monoisotopic (exact) mass is 280 g/mol. The molecule has 0 fully saturated rings. The molecule has 1 aliphatic rings. The van der Waals surface area contributed by atoms with Gasteiger partial charge in [-0.15, -0.1) is 16.9 Å². The number of methoxy groups -OCH3 is 1. The first kappa shape index (κ1) is 13.7. The zero-order chi connectivity index (χ0) is 14.0. The Balaban J connectivity index is 2.35. The predicted molar refractivity (Wildman–Crippen MR) is 75.0 cm³/mol. The van der Waals surface area contributed by atoms with E-state index in [1.54, 1.807) is 6.92 Å². The van der Waals surface area contributed by atoms with E-state index in [-0.39, 0.29) is 11.3 Å². The second kappa shape index (κ2) is 5.52. The number of carbonyl (C=O) groups excluding carboxylic acids is 1. The van der Waals surface area contributed by atoms with Gasteiger partial charge in [0.15, 0.2) is 0 Å². The fourth-order valence-corrected chi connectivity index (χ4v) is 2.30. The van der Waals surface area contributed by atoms with Gasteiger partial charge < -0.3 is 4.74 Å². The van der Waals surface area contributed by atoms with Crippen LogP contribution in [0, 0.1) is 12.7 Å². The van der Waals surface area contributed by atoms with Gasteiger partial charge in [-0.2, -0.15) is 5.10 Å². The second-order valence-corrected chi connectivity index (χ2v) is 4.93. The average molecular weight is 280 g/mol. The minimum atomic E-state index is -0.466. The summed E-state index contributed by atoms with van der Waals surface area (Å²) < 4.78 is 18.6. The smallest absolute Gasteiger partial charge is 0.213 e. The molecule has 0 spiro atoms. The molecule has 1 heterocycles. The van der Waals surface area contributed by atoms with E-state index in [1.165, 1.54) is 31.0 Å². The predicted octanol–water partition coefficient (Wildman–Crippen LogP) is 2.85. The van der Waals surface area contributed by atoms with E-state index < -0.39 is 5.82 Å². The number of thioether (sulfide) groups is 1. The van der Waals surface area contributed by atoms with Crippen molar-refractivity contribution >= 4 is 28.3 Å². The van der Waals surface area contributed by atoms with Crippen LogP contribution in [0.2, 0.25) is 0 Å². The number of halogens is 1. The van der Waals surface area contributed by atoms with Crippen LogP contribution in [0.4, 0.5) is 4.39 Å². The summed E-state index contributed by atoms with van der Waals surface area (Å²) >= 11 is 1.44. The molecule has 1 aliphatic heterocycles. The SMILES string of the molecule is COc1c(C)cc(F)cc1C(=O)C1=NN=C(SC)C1. The van der Waals surface area contributed by atoms with Gasteiger partial charge in [-0.3, -0.25) is 4.79 Å². The van der Waals surface area contributed by atoms with Crippen LogP contribution < -0.4 is 4.74 Å². The summed E-state index contributed by atoms with van der Waals surface area (Å²) in [6.45, 7) is 1.69. The molecule has 0 aromatic heterocycles. The molecular weight excluding hydrogens is 267 g/mol. The molecule has 0 unspecified atom stereocenters. The molecule has 0 saturated carbocycles. The highest BCUT2D eigenvalue weighted by molar-refractivity contribution is 8.13. The summed E-state index contributed by atoms with van der Waals surface area (Å²) in [6, 6.07) is 2.50. The van der Waals surface area contributed by atoms with Crippen LogP contribution in [-0.2, 0) is 0 Å². The zero-order valence-electron chi connectivity index (χ0n) is 10.9. The van der Waals surface area contributed by atoms with E-state index in [4.69, 9.17) is 4.74 Å². The maximum Gasteiger partial charge on any atom is 0.213 e. The first-order valence-corrected chi connectivity index (χ1v) is 6.85. The molecule has 0 saturated heterocycles. The summed E-state index contributed by atoms with van der Waals surface area (Å²) in [4.78, 5) is 12.3. The van der Waals surface area contributed by atoms with Crippen LogP contribution in [0.1, 0.15) is 22.3 Å². The summed E-state index contributed by atoms with van der Waals surface area (Å²) in [5.74, 6) is -0.426. The van der Waals surface area contributed by atoms with Crippen molar-refractivity contribution < 1.29 is 13.9 Å². The highest BCUT2D eigenvalue weighted by Gasteiger charge is 2.24. The van der Waals surface area contributed by atoms with Crippen LogP contribution in [0.15, 0.2) is 22.3 Å². The molecule has 1 aromatic carbocycles. The van der Waals surface area contributed by atoms with Crippen molar-refractivity contribution in [3.8, 4) is 5.75 Å². The topological polar surface area (TPSA) is 51.0 Å². The van der Waals surface area contributed by atoms with E-state index in [0.29, 0.717) is 23.4 Å². The number of aryl methyl sites for hydroxylation is 1. The summed E-state index contributed by atoms with van der Waals surface area (Å²) in [6.07, 6.45) is 2.26. The third-order valence-electron chi connectivity index (χ3n) is 2.79. The van der Waals surface area contributed by atoms with Crippen molar-refractivity contribution in [1.29, 1.82) is 0 Å². The summed E-state index contributed by atoms with van der Waals surface area (Å²) in [5.41, 5.74) is 1.08. The quantitative estimate of drug-likeness (QED) is 0.800. The molecule has 0 aliphatic carbocycles. The minimum Gasteiger partial charge on any atom is -0.496 e. The van der Waals surface area contributed by atoms with Crippen molar-refractivity contribution in [2.24, 2.45) is 10.2 Å². The number of carbonyl (C=O) groups is 1. The van der Waals surface area contributed by atoms with Gasteiger partial charge in [-0.25, -0.2) is 4.39 Å². The van der Waals surface area contributed by atoms with Gasteiger partial charge >= 0.3 is 0 Å². The number of nitrogens with zero attached hydrogens (tertiary/aromatic N) is 2. The third-order valence-corrected chi connectivity index (χ3v) is 3.48. The average Bonchev–Trinajstić information content (AvgIpc) is 2.85. The molecule has 0 N–H and O–H groups in total. The molecule has 6 heteroatoms. The zero-order valence-corrected chi connectivity index (χ0v) is 11.7. The van der Waals surface area contributed by atoms with Gasteiger partial charge in [0.05, 0.1) is 12.7 Å². The van der Waals surface area contributed by atoms with E-state index in [1.807, 2.05) is 6.26 Å². The summed E-state index contributed by atoms with van der Waals surface area (Å²) in [5, 5.41) is 8.52. The Hall–Kier alpha value is -1.69. The Morgan fingerprint density at radius 3 is 2.74 bits per heavy atom. The first-order chi connectivity index (χ1) is 9.06.